The predicted molar refractivity (Wildman–Crippen MR) is 103 cm³/mol. The van der Waals surface area contributed by atoms with Crippen LogP contribution in [0.2, 0.25) is 0 Å². The highest BCUT2D eigenvalue weighted by Crippen LogP contribution is 2.31. The molecule has 0 aromatic rings. The monoisotopic (exact) mass is 381 g/mol. The Balaban J connectivity index is 1.80. The van der Waals surface area contributed by atoms with E-state index < -0.39 is 30.2 Å². The molecule has 5 atom stereocenters. The van der Waals surface area contributed by atoms with Crippen molar-refractivity contribution >= 4 is 17.4 Å². The van der Waals surface area contributed by atoms with Gasteiger partial charge in [0, 0.05) is 13.5 Å². The molecule has 0 aromatic heterocycles. The molecule has 0 saturated carbocycles. The lowest BCUT2D eigenvalue weighted by atomic mass is 10.0. The number of nitrogens with two attached hydrogens (primary N) is 1. The lowest BCUT2D eigenvalue weighted by Crippen LogP contribution is -2.55. The number of aliphatic imine (C=N–C) groups is 3. The molecule has 1 saturated heterocycles. The minimum Gasteiger partial charge on any atom is -0.394 e. The van der Waals surface area contributed by atoms with Crippen LogP contribution in [0.3, 0.4) is 0 Å². The van der Waals surface area contributed by atoms with Crippen LogP contribution in [0.4, 0.5) is 0 Å². The van der Waals surface area contributed by atoms with Crippen molar-refractivity contribution in [2.24, 2.45) is 20.7 Å². The molecule has 152 valence electrons. The molecule has 1 unspecified atom stereocenters. The SMILES string of the molecule is CCCCCCC1=NC(C)(N)C2=NCN([C@@H]3O[C@H](CO)[C@@H](O)[C@H]3OC)C2=N1. The fourth-order valence-electron chi connectivity index (χ4n) is 3.79. The zero-order chi connectivity index (χ0) is 19.6. The van der Waals surface area contributed by atoms with Crippen LogP contribution >= 0.6 is 0 Å². The normalized spacial score (nSPS) is 35.8. The Hall–Kier alpha value is -1.39. The molecule has 0 bridgehead atoms. The van der Waals surface area contributed by atoms with Gasteiger partial charge in [-0.2, -0.15) is 0 Å². The van der Waals surface area contributed by atoms with Crippen LogP contribution in [-0.2, 0) is 9.47 Å². The van der Waals surface area contributed by atoms with Gasteiger partial charge in [-0.3, -0.25) is 4.99 Å². The quantitative estimate of drug-likeness (QED) is 0.518. The minimum absolute atomic E-state index is 0.287. The van der Waals surface area contributed by atoms with E-state index in [0.29, 0.717) is 24.1 Å². The first-order valence-corrected chi connectivity index (χ1v) is 9.68. The van der Waals surface area contributed by atoms with E-state index in [1.807, 2.05) is 11.8 Å². The summed E-state index contributed by atoms with van der Waals surface area (Å²) < 4.78 is 11.3. The number of rotatable bonds is 8. The summed E-state index contributed by atoms with van der Waals surface area (Å²) in [6.07, 6.45) is 2.42. The standard InChI is InChI=1S/C18H31N5O4/c1-4-5-6-7-8-12-21-16-15(18(2,19)22-12)20-10-23(16)17-14(26-3)13(25)11(9-24)27-17/h11,13-14,17,24-25H,4-10,19H2,1-3H3/t11-,13-,14-,17-,18?/m1/s1. The van der Waals surface area contributed by atoms with Crippen molar-refractivity contribution in [1.82, 2.24) is 4.90 Å². The fraction of sp³-hybridized carbons (Fsp3) is 0.833. The second-order valence-electron chi connectivity index (χ2n) is 7.48. The van der Waals surface area contributed by atoms with Gasteiger partial charge >= 0.3 is 0 Å². The van der Waals surface area contributed by atoms with E-state index in [1.165, 1.54) is 20.0 Å². The van der Waals surface area contributed by atoms with Crippen molar-refractivity contribution in [2.45, 2.75) is 76.2 Å². The summed E-state index contributed by atoms with van der Waals surface area (Å²) in [6.45, 7) is 4.01. The zero-order valence-electron chi connectivity index (χ0n) is 16.3. The molecule has 0 aromatic carbocycles. The maximum Gasteiger partial charge on any atom is 0.162 e. The minimum atomic E-state index is -0.942. The van der Waals surface area contributed by atoms with Gasteiger partial charge in [0.1, 0.15) is 36.5 Å². The number of unbranched alkanes of at least 4 members (excludes halogenated alkanes) is 3. The van der Waals surface area contributed by atoms with E-state index >= 15 is 0 Å². The van der Waals surface area contributed by atoms with Gasteiger partial charge in [-0.15, -0.1) is 0 Å². The predicted octanol–water partition coefficient (Wildman–Crippen LogP) is 0.250. The smallest absolute Gasteiger partial charge is 0.162 e. The third-order valence-electron chi connectivity index (χ3n) is 5.27. The number of aliphatic hydroxyl groups excluding tert-OH is 2. The Morgan fingerprint density at radius 3 is 2.81 bits per heavy atom. The molecule has 0 radical (unpaired) electrons. The number of aliphatic hydroxyl groups is 2. The second-order valence-corrected chi connectivity index (χ2v) is 7.48. The molecule has 0 amide bonds. The Morgan fingerprint density at radius 2 is 2.15 bits per heavy atom. The topological polar surface area (TPSA) is 125 Å². The number of methoxy groups -OCH3 is 1. The maximum atomic E-state index is 10.3. The zero-order valence-corrected chi connectivity index (χ0v) is 16.3. The third-order valence-corrected chi connectivity index (χ3v) is 5.27. The number of amidine groups is 2. The summed E-state index contributed by atoms with van der Waals surface area (Å²) in [4.78, 5) is 15.7. The van der Waals surface area contributed by atoms with Gasteiger partial charge in [0.2, 0.25) is 0 Å². The highest BCUT2D eigenvalue weighted by atomic mass is 16.6. The molecule has 3 rings (SSSR count). The van der Waals surface area contributed by atoms with Crippen LogP contribution in [0, 0.1) is 0 Å². The van der Waals surface area contributed by atoms with E-state index in [2.05, 4.69) is 16.9 Å². The fourth-order valence-corrected chi connectivity index (χ4v) is 3.79. The highest BCUT2D eigenvalue weighted by Gasteiger charge is 2.51. The average Bonchev–Trinajstić information content (AvgIpc) is 3.19. The van der Waals surface area contributed by atoms with Gasteiger partial charge in [-0.25, -0.2) is 9.98 Å². The van der Waals surface area contributed by atoms with Crippen molar-refractivity contribution < 1.29 is 19.7 Å². The molecule has 3 aliphatic heterocycles. The molecule has 0 aliphatic carbocycles. The van der Waals surface area contributed by atoms with E-state index in [4.69, 9.17) is 20.2 Å². The lowest BCUT2D eigenvalue weighted by Gasteiger charge is -2.33. The van der Waals surface area contributed by atoms with E-state index in [0.717, 1.165) is 19.3 Å². The van der Waals surface area contributed by atoms with Crippen LogP contribution in [0.5, 0.6) is 0 Å². The van der Waals surface area contributed by atoms with Crippen molar-refractivity contribution in [1.29, 1.82) is 0 Å². The molecule has 4 N–H and O–H groups in total. The summed E-state index contributed by atoms with van der Waals surface area (Å²) in [5, 5.41) is 19.8. The van der Waals surface area contributed by atoms with Gasteiger partial charge in [0.25, 0.3) is 0 Å². The van der Waals surface area contributed by atoms with E-state index in [1.54, 1.807) is 0 Å². The van der Waals surface area contributed by atoms with Crippen LogP contribution in [0.15, 0.2) is 15.0 Å². The van der Waals surface area contributed by atoms with Crippen molar-refractivity contribution in [3.8, 4) is 0 Å². The Kier molecular flexibility index (Phi) is 6.27. The van der Waals surface area contributed by atoms with Crippen LogP contribution < -0.4 is 5.73 Å². The van der Waals surface area contributed by atoms with E-state index in [9.17, 15) is 10.2 Å². The van der Waals surface area contributed by atoms with Crippen molar-refractivity contribution in [3.63, 3.8) is 0 Å². The molecule has 3 aliphatic rings. The molecule has 9 heteroatoms. The molecule has 0 spiro atoms. The van der Waals surface area contributed by atoms with Gasteiger partial charge in [-0.05, 0) is 13.3 Å². The number of hydrogen-bond acceptors (Lipinski definition) is 9. The van der Waals surface area contributed by atoms with Gasteiger partial charge in [0.05, 0.1) is 6.61 Å². The molecule has 3 heterocycles. The van der Waals surface area contributed by atoms with Crippen LogP contribution in [0.1, 0.15) is 46.0 Å². The second kappa shape index (κ2) is 8.32. The van der Waals surface area contributed by atoms with Crippen molar-refractivity contribution in [2.75, 3.05) is 20.4 Å². The molecular weight excluding hydrogens is 350 g/mol. The maximum absolute atomic E-state index is 10.3. The lowest BCUT2D eigenvalue weighted by molar-refractivity contribution is -0.0765. The van der Waals surface area contributed by atoms with Gasteiger partial charge in [0.15, 0.2) is 17.7 Å². The van der Waals surface area contributed by atoms with Crippen LogP contribution in [-0.4, -0.2) is 83.1 Å². The molecule has 9 nitrogen and oxygen atoms in total. The molecular formula is C18H31N5O4. The van der Waals surface area contributed by atoms with Crippen LogP contribution in [0.25, 0.3) is 0 Å². The first-order valence-electron chi connectivity index (χ1n) is 9.68. The summed E-state index contributed by atoms with van der Waals surface area (Å²) in [5.74, 6) is 1.33. The molecule has 27 heavy (non-hydrogen) atoms. The Bertz CT molecular complexity index is 633. The number of nitrogens with zero attached hydrogens (tertiary/aromatic N) is 4. The first kappa shape index (κ1) is 20.3. The third kappa shape index (κ3) is 3.93. The summed E-state index contributed by atoms with van der Waals surface area (Å²) in [6, 6.07) is 0. The molecule has 1 fully saturated rings. The summed E-state index contributed by atoms with van der Waals surface area (Å²) >= 11 is 0. The van der Waals surface area contributed by atoms with Gasteiger partial charge in [-0.1, -0.05) is 26.2 Å². The Morgan fingerprint density at radius 1 is 1.37 bits per heavy atom. The highest BCUT2D eigenvalue weighted by molar-refractivity contribution is 6.48. The number of hydrogen-bond donors (Lipinski definition) is 3. The van der Waals surface area contributed by atoms with Crippen molar-refractivity contribution in [3.05, 3.63) is 0 Å². The van der Waals surface area contributed by atoms with Gasteiger partial charge < -0.3 is 30.3 Å². The first-order chi connectivity index (χ1) is 12.9. The Labute approximate surface area is 160 Å². The summed E-state index contributed by atoms with van der Waals surface area (Å²) in [5.41, 5.74) is 6.07. The number of ether oxygens (including phenoxy) is 2. The average molecular weight is 381 g/mol. The number of fused-ring (bicyclic) bond motifs is 1. The summed E-state index contributed by atoms with van der Waals surface area (Å²) in [7, 11) is 1.51. The largest absolute Gasteiger partial charge is 0.394 e. The van der Waals surface area contributed by atoms with E-state index in [-0.39, 0.29) is 6.61 Å².